The molecule has 0 saturated heterocycles. The highest BCUT2D eigenvalue weighted by atomic mass is 14.7. The number of aromatic amines is 1. The van der Waals surface area contributed by atoms with Gasteiger partial charge >= 0.3 is 0 Å². The number of H-pyrrole nitrogens is 1. The van der Waals surface area contributed by atoms with Crippen molar-refractivity contribution in [1.29, 1.82) is 0 Å². The van der Waals surface area contributed by atoms with Crippen molar-refractivity contribution in [1.82, 2.24) is 4.98 Å². The van der Waals surface area contributed by atoms with Gasteiger partial charge in [0.25, 0.3) is 0 Å². The van der Waals surface area contributed by atoms with E-state index in [0.717, 1.165) is 0 Å². The number of hydrogen-bond acceptors (Lipinski definition) is 0. The first-order valence-corrected chi connectivity index (χ1v) is 4.29. The van der Waals surface area contributed by atoms with Crippen LogP contribution in [0.2, 0.25) is 0 Å². The van der Waals surface area contributed by atoms with E-state index in [4.69, 9.17) is 0 Å². The van der Waals surface area contributed by atoms with Crippen LogP contribution in [0.5, 0.6) is 0 Å². The van der Waals surface area contributed by atoms with Crippen molar-refractivity contribution in [3.05, 3.63) is 29.6 Å². The summed E-state index contributed by atoms with van der Waals surface area (Å²) in [5.41, 5.74) is 2.75. The van der Waals surface area contributed by atoms with E-state index in [1.54, 1.807) is 0 Å². The van der Waals surface area contributed by atoms with E-state index in [1.165, 1.54) is 24.1 Å². The predicted octanol–water partition coefficient (Wildman–Crippen LogP) is 3.00. The predicted molar refractivity (Wildman–Crippen MR) is 49.5 cm³/mol. The molecular formula is C10H15N. The second-order valence-electron chi connectivity index (χ2n) is 2.36. The highest BCUT2D eigenvalue weighted by Crippen LogP contribution is 2.16. The van der Waals surface area contributed by atoms with Crippen LogP contribution in [0.1, 0.15) is 31.5 Å². The first kappa shape index (κ1) is 8.12. The van der Waals surface area contributed by atoms with E-state index in [1.807, 2.05) is 20.0 Å². The maximum absolute atomic E-state index is 3.17. The molecule has 2 rings (SSSR count). The molecule has 0 atom stereocenters. The lowest BCUT2D eigenvalue weighted by Crippen LogP contribution is -1.88. The van der Waals surface area contributed by atoms with Crippen molar-refractivity contribution in [3.8, 4) is 0 Å². The maximum atomic E-state index is 3.17. The summed E-state index contributed by atoms with van der Waals surface area (Å²) in [5.74, 6) is 0. The fourth-order valence-corrected chi connectivity index (χ4v) is 1.23. The molecule has 0 aromatic carbocycles. The second-order valence-corrected chi connectivity index (χ2v) is 2.36. The van der Waals surface area contributed by atoms with Crippen molar-refractivity contribution >= 4 is 6.08 Å². The number of aryl methyl sites for hydroxylation is 1. The summed E-state index contributed by atoms with van der Waals surface area (Å²) in [6.07, 6.45) is 8.76. The molecule has 0 bridgehead atoms. The summed E-state index contributed by atoms with van der Waals surface area (Å²) in [5, 5.41) is 0. The third kappa shape index (κ3) is 1.73. The quantitative estimate of drug-likeness (QED) is 0.583. The van der Waals surface area contributed by atoms with Crippen molar-refractivity contribution in [2.45, 2.75) is 26.7 Å². The van der Waals surface area contributed by atoms with Crippen LogP contribution in [0.25, 0.3) is 6.08 Å². The molecule has 0 unspecified atom stereocenters. The summed E-state index contributed by atoms with van der Waals surface area (Å²) in [6.45, 7) is 4.00. The minimum atomic E-state index is 1.20. The minimum Gasteiger partial charge on any atom is -0.361 e. The molecule has 0 radical (unpaired) electrons. The zero-order valence-corrected chi connectivity index (χ0v) is 7.22. The van der Waals surface area contributed by atoms with E-state index >= 15 is 0 Å². The number of allylic oxidation sites excluding steroid dienone is 1. The lowest BCUT2D eigenvalue weighted by Gasteiger charge is -2.01. The van der Waals surface area contributed by atoms with Gasteiger partial charge in [0.1, 0.15) is 0 Å². The van der Waals surface area contributed by atoms with Crippen molar-refractivity contribution in [2.24, 2.45) is 0 Å². The molecule has 1 nitrogen and oxygen atoms in total. The average molecular weight is 149 g/mol. The Kier molecular flexibility index (Phi) is 2.96. The fraction of sp³-hybridized carbons (Fsp3) is 0.400. The van der Waals surface area contributed by atoms with Crippen LogP contribution in [0, 0.1) is 0 Å². The van der Waals surface area contributed by atoms with Gasteiger partial charge in [-0.2, -0.15) is 0 Å². The zero-order chi connectivity index (χ0) is 8.10. The topological polar surface area (TPSA) is 15.8 Å². The van der Waals surface area contributed by atoms with E-state index in [9.17, 15) is 0 Å². The molecule has 0 aliphatic heterocycles. The third-order valence-electron chi connectivity index (χ3n) is 1.73. The summed E-state index contributed by atoms with van der Waals surface area (Å²) >= 11 is 0. The molecule has 0 spiro atoms. The standard InChI is InChI=1S/C8H9N.C2H6/c1-2-4-8-7(3-1)5-6-9-8;1-2/h2,4-6,9H,1,3H2;1-2H3. The molecule has 1 heterocycles. The van der Waals surface area contributed by atoms with E-state index < -0.39 is 0 Å². The van der Waals surface area contributed by atoms with Crippen LogP contribution < -0.4 is 0 Å². The monoisotopic (exact) mass is 149 g/mol. The zero-order valence-electron chi connectivity index (χ0n) is 7.22. The van der Waals surface area contributed by atoms with Gasteiger partial charge in [0.05, 0.1) is 0 Å². The van der Waals surface area contributed by atoms with Gasteiger partial charge in [0, 0.05) is 11.9 Å². The molecule has 1 N–H and O–H groups in total. The summed E-state index contributed by atoms with van der Waals surface area (Å²) in [4.78, 5) is 3.17. The molecular weight excluding hydrogens is 134 g/mol. The van der Waals surface area contributed by atoms with Gasteiger partial charge in [-0.3, -0.25) is 0 Å². The number of hydrogen-bond donors (Lipinski definition) is 1. The van der Waals surface area contributed by atoms with Crippen LogP contribution in [0.4, 0.5) is 0 Å². The Morgan fingerprint density at radius 2 is 2.18 bits per heavy atom. The molecule has 0 fully saturated rings. The van der Waals surface area contributed by atoms with Crippen LogP contribution in [-0.4, -0.2) is 4.98 Å². The van der Waals surface area contributed by atoms with Crippen LogP contribution >= 0.6 is 0 Å². The third-order valence-corrected chi connectivity index (χ3v) is 1.73. The maximum Gasteiger partial charge on any atom is 0.0409 e. The number of aromatic nitrogens is 1. The Morgan fingerprint density at radius 3 is 2.91 bits per heavy atom. The lowest BCUT2D eigenvalue weighted by atomic mass is 10.1. The van der Waals surface area contributed by atoms with Gasteiger partial charge in [-0.05, 0) is 30.5 Å². The molecule has 11 heavy (non-hydrogen) atoms. The number of rotatable bonds is 0. The second kappa shape index (κ2) is 4.02. The minimum absolute atomic E-state index is 1.20. The van der Waals surface area contributed by atoms with Crippen LogP contribution in [0.15, 0.2) is 18.3 Å². The van der Waals surface area contributed by atoms with Crippen LogP contribution in [0.3, 0.4) is 0 Å². The van der Waals surface area contributed by atoms with E-state index in [-0.39, 0.29) is 0 Å². The van der Waals surface area contributed by atoms with E-state index in [0.29, 0.717) is 0 Å². The molecule has 1 aliphatic rings. The molecule has 1 aromatic heterocycles. The normalized spacial score (nSPS) is 13.3. The molecule has 1 aliphatic carbocycles. The summed E-state index contributed by atoms with van der Waals surface area (Å²) in [6, 6.07) is 2.15. The first-order chi connectivity index (χ1) is 5.47. The molecule has 0 amide bonds. The Morgan fingerprint density at radius 1 is 1.36 bits per heavy atom. The van der Waals surface area contributed by atoms with E-state index in [2.05, 4.69) is 23.2 Å². The highest BCUT2D eigenvalue weighted by Gasteiger charge is 2.02. The summed E-state index contributed by atoms with van der Waals surface area (Å²) in [7, 11) is 0. The van der Waals surface area contributed by atoms with Crippen LogP contribution in [-0.2, 0) is 6.42 Å². The van der Waals surface area contributed by atoms with Gasteiger partial charge in [0.2, 0.25) is 0 Å². The lowest BCUT2D eigenvalue weighted by molar-refractivity contribution is 0.985. The summed E-state index contributed by atoms with van der Waals surface area (Å²) < 4.78 is 0. The van der Waals surface area contributed by atoms with Gasteiger partial charge in [0.15, 0.2) is 0 Å². The number of nitrogens with one attached hydrogen (secondary N) is 1. The molecule has 1 aromatic rings. The van der Waals surface area contributed by atoms with Crippen molar-refractivity contribution in [2.75, 3.05) is 0 Å². The van der Waals surface area contributed by atoms with Gasteiger partial charge in [-0.25, -0.2) is 0 Å². The average Bonchev–Trinajstić information content (AvgIpc) is 2.55. The molecule has 1 heteroatoms. The smallest absolute Gasteiger partial charge is 0.0409 e. The highest BCUT2D eigenvalue weighted by molar-refractivity contribution is 5.52. The molecule has 60 valence electrons. The largest absolute Gasteiger partial charge is 0.361 e. The van der Waals surface area contributed by atoms with Crippen molar-refractivity contribution in [3.63, 3.8) is 0 Å². The van der Waals surface area contributed by atoms with Gasteiger partial charge in [-0.15, -0.1) is 0 Å². The van der Waals surface area contributed by atoms with Crippen molar-refractivity contribution < 1.29 is 0 Å². The Balaban J connectivity index is 0.000000281. The number of fused-ring (bicyclic) bond motifs is 1. The Labute approximate surface area is 68.1 Å². The fourth-order valence-electron chi connectivity index (χ4n) is 1.23. The molecule has 0 saturated carbocycles. The van der Waals surface area contributed by atoms with Gasteiger partial charge < -0.3 is 4.98 Å². The first-order valence-electron chi connectivity index (χ1n) is 4.29. The Bertz CT molecular complexity index is 233. The van der Waals surface area contributed by atoms with Gasteiger partial charge in [-0.1, -0.05) is 19.9 Å². The Hall–Kier alpha value is -0.980. The SMILES string of the molecule is C1=Cc2[nH]ccc2CC1.CC.